The van der Waals surface area contributed by atoms with Crippen LogP contribution in [0.25, 0.3) is 0 Å². The van der Waals surface area contributed by atoms with Gasteiger partial charge in [-0.05, 0) is 34.1 Å². The Labute approximate surface area is 123 Å². The van der Waals surface area contributed by atoms with E-state index in [9.17, 15) is 4.79 Å². The molecule has 0 aliphatic heterocycles. The summed E-state index contributed by atoms with van der Waals surface area (Å²) in [5.74, 6) is 0.246. The predicted octanol–water partition coefficient (Wildman–Crippen LogP) is 3.15. The van der Waals surface area contributed by atoms with Crippen molar-refractivity contribution in [2.45, 2.75) is 0 Å². The molecule has 19 heavy (non-hydrogen) atoms. The summed E-state index contributed by atoms with van der Waals surface area (Å²) in [7, 11) is 1.48. The highest BCUT2D eigenvalue weighted by Gasteiger charge is 2.14. The topological polar surface area (TPSA) is 64.1 Å². The number of ether oxygens (including phenoxy) is 1. The van der Waals surface area contributed by atoms with E-state index in [1.165, 1.54) is 25.6 Å². The molecule has 98 valence electrons. The molecule has 0 fully saturated rings. The van der Waals surface area contributed by atoms with Crippen LogP contribution in [0.4, 0.5) is 5.95 Å². The number of hydrogen-bond donors (Lipinski definition) is 1. The van der Waals surface area contributed by atoms with Gasteiger partial charge in [0, 0.05) is 17.4 Å². The minimum Gasteiger partial charge on any atom is -0.496 e. The molecule has 2 aromatic rings. The number of hydrogen-bond acceptors (Lipinski definition) is 4. The number of carbonyl (C=O) groups is 1. The lowest BCUT2D eigenvalue weighted by atomic mass is 10.2. The Bertz CT molecular complexity index is 604. The first-order valence-corrected chi connectivity index (χ1v) is 6.39. The molecular weight excluding hydrogens is 334 g/mol. The molecule has 1 heterocycles. The Morgan fingerprint density at radius 1 is 1.37 bits per heavy atom. The predicted molar refractivity (Wildman–Crippen MR) is 75.7 cm³/mol. The van der Waals surface area contributed by atoms with Crippen molar-refractivity contribution >= 4 is 39.4 Å². The molecule has 1 aromatic heterocycles. The zero-order valence-corrected chi connectivity index (χ0v) is 12.2. The Morgan fingerprint density at radius 3 is 2.68 bits per heavy atom. The highest BCUT2D eigenvalue weighted by atomic mass is 79.9. The largest absolute Gasteiger partial charge is 0.496 e. The van der Waals surface area contributed by atoms with Gasteiger partial charge in [0.1, 0.15) is 5.75 Å². The van der Waals surface area contributed by atoms with Crippen molar-refractivity contribution in [2.24, 2.45) is 0 Å². The van der Waals surface area contributed by atoms with E-state index in [2.05, 4.69) is 31.2 Å². The summed E-state index contributed by atoms with van der Waals surface area (Å²) in [6.45, 7) is 0. The number of rotatable bonds is 3. The first-order chi connectivity index (χ1) is 9.10. The number of aromatic nitrogens is 2. The van der Waals surface area contributed by atoms with Crippen molar-refractivity contribution in [3.8, 4) is 5.75 Å². The van der Waals surface area contributed by atoms with Crippen LogP contribution in [0, 0.1) is 0 Å². The van der Waals surface area contributed by atoms with E-state index in [-0.39, 0.29) is 11.9 Å². The summed E-state index contributed by atoms with van der Waals surface area (Å²) in [6, 6.07) is 4.79. The highest BCUT2D eigenvalue weighted by molar-refractivity contribution is 9.10. The summed E-state index contributed by atoms with van der Waals surface area (Å²) >= 11 is 9.08. The zero-order valence-electron chi connectivity index (χ0n) is 9.85. The summed E-state index contributed by atoms with van der Waals surface area (Å²) in [5.41, 5.74) is 0.321. The molecule has 0 unspecified atom stereocenters. The van der Waals surface area contributed by atoms with Gasteiger partial charge in [-0.3, -0.25) is 10.1 Å². The molecule has 2 rings (SSSR count). The zero-order chi connectivity index (χ0) is 13.8. The SMILES string of the molecule is COc1ccc(Cl)cc1C(=O)Nc1ncc(Br)cn1. The number of anilines is 1. The van der Waals surface area contributed by atoms with Gasteiger partial charge in [-0.15, -0.1) is 0 Å². The molecular formula is C12H9BrClN3O2. The van der Waals surface area contributed by atoms with Crippen molar-refractivity contribution in [1.82, 2.24) is 9.97 Å². The average Bonchev–Trinajstić information content (AvgIpc) is 2.41. The second kappa shape index (κ2) is 5.99. The quantitative estimate of drug-likeness (QED) is 0.930. The Morgan fingerprint density at radius 2 is 2.05 bits per heavy atom. The number of nitrogens with zero attached hydrogens (tertiary/aromatic N) is 2. The van der Waals surface area contributed by atoms with Crippen LogP contribution in [-0.2, 0) is 0 Å². The molecule has 0 aliphatic rings. The summed E-state index contributed by atoms with van der Waals surface area (Å²) < 4.78 is 5.84. The molecule has 0 radical (unpaired) electrons. The lowest BCUT2D eigenvalue weighted by molar-refractivity contribution is 0.102. The molecule has 0 saturated carbocycles. The maximum atomic E-state index is 12.1. The van der Waals surface area contributed by atoms with Gasteiger partial charge < -0.3 is 4.74 Å². The number of amides is 1. The van der Waals surface area contributed by atoms with Gasteiger partial charge in [-0.1, -0.05) is 11.6 Å². The first-order valence-electron chi connectivity index (χ1n) is 5.22. The van der Waals surface area contributed by atoms with Crippen LogP contribution in [-0.4, -0.2) is 23.0 Å². The lowest BCUT2D eigenvalue weighted by Crippen LogP contribution is -2.15. The van der Waals surface area contributed by atoms with E-state index in [0.717, 1.165) is 4.47 Å². The van der Waals surface area contributed by atoms with Crippen LogP contribution < -0.4 is 10.1 Å². The normalized spacial score (nSPS) is 10.1. The van der Waals surface area contributed by atoms with Crippen molar-refractivity contribution in [3.63, 3.8) is 0 Å². The smallest absolute Gasteiger partial charge is 0.261 e. The maximum Gasteiger partial charge on any atom is 0.261 e. The van der Waals surface area contributed by atoms with Crippen LogP contribution >= 0.6 is 27.5 Å². The number of halogens is 2. The monoisotopic (exact) mass is 341 g/mol. The highest BCUT2D eigenvalue weighted by Crippen LogP contribution is 2.23. The van der Waals surface area contributed by atoms with Crippen LogP contribution in [0.5, 0.6) is 5.75 Å². The fourth-order valence-electron chi connectivity index (χ4n) is 1.40. The third-order valence-electron chi connectivity index (χ3n) is 2.25. The van der Waals surface area contributed by atoms with Gasteiger partial charge in [0.15, 0.2) is 0 Å². The number of nitrogens with one attached hydrogen (secondary N) is 1. The van der Waals surface area contributed by atoms with E-state index in [1.54, 1.807) is 12.1 Å². The Hall–Kier alpha value is -1.66. The van der Waals surface area contributed by atoms with E-state index in [1.807, 2.05) is 0 Å². The maximum absolute atomic E-state index is 12.1. The third-order valence-corrected chi connectivity index (χ3v) is 2.90. The summed E-state index contributed by atoms with van der Waals surface area (Å²) in [5, 5.41) is 3.01. The summed E-state index contributed by atoms with van der Waals surface area (Å²) in [6.07, 6.45) is 3.08. The Balaban J connectivity index is 2.24. The fourth-order valence-corrected chi connectivity index (χ4v) is 1.78. The van der Waals surface area contributed by atoms with Crippen molar-refractivity contribution in [3.05, 3.63) is 45.7 Å². The second-order valence-electron chi connectivity index (χ2n) is 3.52. The molecule has 5 nitrogen and oxygen atoms in total. The molecule has 0 bridgehead atoms. The molecule has 1 amide bonds. The van der Waals surface area contributed by atoms with E-state index >= 15 is 0 Å². The van der Waals surface area contributed by atoms with E-state index in [0.29, 0.717) is 16.3 Å². The molecule has 0 aliphatic carbocycles. The molecule has 0 atom stereocenters. The van der Waals surface area contributed by atoms with Gasteiger partial charge in [0.05, 0.1) is 17.1 Å². The van der Waals surface area contributed by atoms with Crippen LogP contribution in [0.1, 0.15) is 10.4 Å². The van der Waals surface area contributed by atoms with Crippen molar-refractivity contribution in [1.29, 1.82) is 0 Å². The van der Waals surface area contributed by atoms with Gasteiger partial charge in [-0.2, -0.15) is 0 Å². The van der Waals surface area contributed by atoms with Crippen LogP contribution in [0.15, 0.2) is 35.1 Å². The van der Waals surface area contributed by atoms with Crippen LogP contribution in [0.2, 0.25) is 5.02 Å². The number of benzene rings is 1. The van der Waals surface area contributed by atoms with Gasteiger partial charge in [0.2, 0.25) is 5.95 Å². The Kier molecular flexibility index (Phi) is 4.34. The fraction of sp³-hybridized carbons (Fsp3) is 0.0833. The molecule has 0 saturated heterocycles. The third kappa shape index (κ3) is 3.42. The average molecular weight is 343 g/mol. The van der Waals surface area contributed by atoms with Crippen molar-refractivity contribution < 1.29 is 9.53 Å². The molecule has 1 aromatic carbocycles. The number of methoxy groups -OCH3 is 1. The van der Waals surface area contributed by atoms with Gasteiger partial charge in [-0.25, -0.2) is 9.97 Å². The van der Waals surface area contributed by atoms with Crippen molar-refractivity contribution in [2.75, 3.05) is 12.4 Å². The van der Waals surface area contributed by atoms with Crippen LogP contribution in [0.3, 0.4) is 0 Å². The minimum atomic E-state index is -0.387. The standard InChI is InChI=1S/C12H9BrClN3O2/c1-19-10-3-2-8(14)4-9(10)11(18)17-12-15-5-7(13)6-16-12/h2-6H,1H3,(H,15,16,17,18). The van der Waals surface area contributed by atoms with E-state index < -0.39 is 0 Å². The molecule has 7 heteroatoms. The first kappa shape index (κ1) is 13.8. The lowest BCUT2D eigenvalue weighted by Gasteiger charge is -2.08. The molecule has 0 spiro atoms. The second-order valence-corrected chi connectivity index (χ2v) is 4.88. The summed E-state index contributed by atoms with van der Waals surface area (Å²) in [4.78, 5) is 20.0. The van der Waals surface area contributed by atoms with E-state index in [4.69, 9.17) is 16.3 Å². The molecule has 1 N–H and O–H groups in total. The minimum absolute atomic E-state index is 0.204. The number of carbonyl (C=O) groups excluding carboxylic acids is 1. The van der Waals surface area contributed by atoms with Gasteiger partial charge in [0.25, 0.3) is 5.91 Å². The van der Waals surface area contributed by atoms with Gasteiger partial charge >= 0.3 is 0 Å².